The Morgan fingerprint density at radius 2 is 2.44 bits per heavy atom. The van der Waals surface area contributed by atoms with Crippen LogP contribution in [0.4, 0.5) is 0 Å². The molecule has 9 heavy (non-hydrogen) atoms. The maximum Gasteiger partial charge on any atom is 0.0156 e. The van der Waals surface area contributed by atoms with Gasteiger partial charge in [0, 0.05) is 5.54 Å². The fourth-order valence-electron chi connectivity index (χ4n) is 2.35. The predicted molar refractivity (Wildman–Crippen MR) is 38.4 cm³/mol. The molecule has 2 bridgehead atoms. The average Bonchev–Trinajstić information content (AvgIpc) is 2.07. The number of rotatable bonds is 0. The van der Waals surface area contributed by atoms with Gasteiger partial charge in [-0.25, -0.2) is 0 Å². The molecule has 0 amide bonds. The summed E-state index contributed by atoms with van der Waals surface area (Å²) < 4.78 is 0. The van der Waals surface area contributed by atoms with Gasteiger partial charge in [-0.05, 0) is 38.6 Å². The summed E-state index contributed by atoms with van der Waals surface area (Å²) in [6.07, 6.45) is 5.77. The second-order valence-corrected chi connectivity index (χ2v) is 3.90. The standard InChI is InChI=1S/C8H15N/c1-8-4-2-3-7(5-8)6-9-8/h7,9H,2-6H2,1H3/t7?,8-/m1/s1. The van der Waals surface area contributed by atoms with Gasteiger partial charge in [0.2, 0.25) is 0 Å². The summed E-state index contributed by atoms with van der Waals surface area (Å²) in [6.45, 7) is 3.66. The molecule has 2 aliphatic rings. The Labute approximate surface area is 56.8 Å². The van der Waals surface area contributed by atoms with Crippen molar-refractivity contribution in [1.82, 2.24) is 5.32 Å². The van der Waals surface area contributed by atoms with E-state index in [2.05, 4.69) is 12.2 Å². The van der Waals surface area contributed by atoms with Crippen molar-refractivity contribution >= 4 is 0 Å². The summed E-state index contributed by atoms with van der Waals surface area (Å²) in [5, 5.41) is 3.59. The molecule has 2 rings (SSSR count). The smallest absolute Gasteiger partial charge is 0.0156 e. The zero-order valence-electron chi connectivity index (χ0n) is 6.11. The van der Waals surface area contributed by atoms with Gasteiger partial charge in [-0.15, -0.1) is 0 Å². The second-order valence-electron chi connectivity index (χ2n) is 3.90. The van der Waals surface area contributed by atoms with Crippen molar-refractivity contribution in [2.24, 2.45) is 5.92 Å². The van der Waals surface area contributed by atoms with Crippen molar-refractivity contribution in [1.29, 1.82) is 0 Å². The van der Waals surface area contributed by atoms with E-state index in [1.165, 1.54) is 32.2 Å². The van der Waals surface area contributed by atoms with Crippen LogP contribution in [0.1, 0.15) is 32.6 Å². The summed E-state index contributed by atoms with van der Waals surface area (Å²) in [5.74, 6) is 1.02. The molecule has 1 aliphatic heterocycles. The number of hydrogen-bond acceptors (Lipinski definition) is 1. The van der Waals surface area contributed by atoms with Crippen LogP contribution in [0.2, 0.25) is 0 Å². The molecule has 0 aromatic heterocycles. The minimum absolute atomic E-state index is 0.545. The first kappa shape index (κ1) is 5.72. The minimum atomic E-state index is 0.545. The lowest BCUT2D eigenvalue weighted by Crippen LogP contribution is -2.36. The first-order chi connectivity index (χ1) is 4.29. The molecule has 1 heterocycles. The van der Waals surface area contributed by atoms with Crippen molar-refractivity contribution in [2.75, 3.05) is 6.54 Å². The molecule has 0 aromatic carbocycles. The molecule has 1 aliphatic carbocycles. The SMILES string of the molecule is C[C@]12CCCC(CN1)C2. The van der Waals surface area contributed by atoms with Gasteiger partial charge in [0.1, 0.15) is 0 Å². The molecule has 0 spiro atoms. The van der Waals surface area contributed by atoms with Crippen LogP contribution in [0, 0.1) is 5.92 Å². The van der Waals surface area contributed by atoms with Crippen molar-refractivity contribution < 1.29 is 0 Å². The summed E-state index contributed by atoms with van der Waals surface area (Å²) in [7, 11) is 0. The Kier molecular flexibility index (Phi) is 1.10. The third kappa shape index (κ3) is 0.877. The average molecular weight is 125 g/mol. The summed E-state index contributed by atoms with van der Waals surface area (Å²) in [6, 6.07) is 0. The quantitative estimate of drug-likeness (QED) is 0.518. The van der Waals surface area contributed by atoms with Gasteiger partial charge < -0.3 is 5.32 Å². The molecule has 0 aromatic rings. The third-order valence-electron chi connectivity index (χ3n) is 2.90. The van der Waals surface area contributed by atoms with Crippen molar-refractivity contribution in [3.8, 4) is 0 Å². The summed E-state index contributed by atoms with van der Waals surface area (Å²) in [5.41, 5.74) is 0.545. The van der Waals surface area contributed by atoms with E-state index >= 15 is 0 Å². The van der Waals surface area contributed by atoms with E-state index < -0.39 is 0 Å². The van der Waals surface area contributed by atoms with E-state index in [-0.39, 0.29) is 0 Å². The van der Waals surface area contributed by atoms with Crippen molar-refractivity contribution in [2.45, 2.75) is 38.1 Å². The Balaban J connectivity index is 2.13. The van der Waals surface area contributed by atoms with E-state index in [9.17, 15) is 0 Å². The highest BCUT2D eigenvalue weighted by Gasteiger charge is 2.37. The second kappa shape index (κ2) is 1.72. The van der Waals surface area contributed by atoms with E-state index in [0.29, 0.717) is 5.54 Å². The highest BCUT2D eigenvalue weighted by molar-refractivity contribution is 4.96. The van der Waals surface area contributed by atoms with Crippen LogP contribution >= 0.6 is 0 Å². The lowest BCUT2D eigenvalue weighted by molar-refractivity contribution is 0.308. The molecule has 1 unspecified atom stereocenters. The predicted octanol–water partition coefficient (Wildman–Crippen LogP) is 1.54. The van der Waals surface area contributed by atoms with Gasteiger partial charge >= 0.3 is 0 Å². The lowest BCUT2D eigenvalue weighted by Gasteiger charge is -2.28. The third-order valence-corrected chi connectivity index (χ3v) is 2.90. The molecule has 2 atom stereocenters. The van der Waals surface area contributed by atoms with E-state index in [0.717, 1.165) is 5.92 Å². The molecule has 1 saturated heterocycles. The zero-order chi connectivity index (χ0) is 6.32. The maximum absolute atomic E-state index is 3.59. The van der Waals surface area contributed by atoms with Gasteiger partial charge in [0.15, 0.2) is 0 Å². The van der Waals surface area contributed by atoms with Gasteiger partial charge in [0.25, 0.3) is 0 Å². The molecule has 1 heteroatoms. The first-order valence-corrected chi connectivity index (χ1v) is 4.04. The van der Waals surface area contributed by atoms with Gasteiger partial charge in [-0.1, -0.05) is 6.42 Å². The molecule has 1 N–H and O–H groups in total. The van der Waals surface area contributed by atoms with Gasteiger partial charge in [-0.2, -0.15) is 0 Å². The Hall–Kier alpha value is -0.0400. The fraction of sp³-hybridized carbons (Fsp3) is 1.00. The van der Waals surface area contributed by atoms with Crippen LogP contribution in [0.15, 0.2) is 0 Å². The Morgan fingerprint density at radius 3 is 3.11 bits per heavy atom. The van der Waals surface area contributed by atoms with E-state index in [1.807, 2.05) is 0 Å². The summed E-state index contributed by atoms with van der Waals surface area (Å²) in [4.78, 5) is 0. The first-order valence-electron chi connectivity index (χ1n) is 4.04. The minimum Gasteiger partial charge on any atom is -0.311 e. The number of hydrogen-bond donors (Lipinski definition) is 1. The molecule has 52 valence electrons. The topological polar surface area (TPSA) is 12.0 Å². The normalized spacial score (nSPS) is 49.7. The Morgan fingerprint density at radius 1 is 1.56 bits per heavy atom. The molecule has 0 radical (unpaired) electrons. The van der Waals surface area contributed by atoms with Gasteiger partial charge in [-0.3, -0.25) is 0 Å². The monoisotopic (exact) mass is 125 g/mol. The highest BCUT2D eigenvalue weighted by atomic mass is 15.0. The van der Waals surface area contributed by atoms with Crippen molar-refractivity contribution in [3.05, 3.63) is 0 Å². The van der Waals surface area contributed by atoms with E-state index in [4.69, 9.17) is 0 Å². The van der Waals surface area contributed by atoms with Crippen LogP contribution in [0.5, 0.6) is 0 Å². The largest absolute Gasteiger partial charge is 0.311 e. The van der Waals surface area contributed by atoms with Crippen LogP contribution < -0.4 is 5.32 Å². The molecular formula is C8H15N. The molecule has 1 nitrogen and oxygen atoms in total. The molecular weight excluding hydrogens is 110 g/mol. The van der Waals surface area contributed by atoms with Gasteiger partial charge in [0.05, 0.1) is 0 Å². The van der Waals surface area contributed by atoms with Crippen LogP contribution in [0.25, 0.3) is 0 Å². The van der Waals surface area contributed by atoms with Crippen LogP contribution in [-0.4, -0.2) is 12.1 Å². The maximum atomic E-state index is 3.59. The molecule has 1 saturated carbocycles. The van der Waals surface area contributed by atoms with Crippen molar-refractivity contribution in [3.63, 3.8) is 0 Å². The van der Waals surface area contributed by atoms with Crippen LogP contribution in [-0.2, 0) is 0 Å². The van der Waals surface area contributed by atoms with Crippen LogP contribution in [0.3, 0.4) is 0 Å². The zero-order valence-corrected chi connectivity index (χ0v) is 6.11. The fourth-order valence-corrected chi connectivity index (χ4v) is 2.35. The Bertz CT molecular complexity index is 118. The number of nitrogens with one attached hydrogen (secondary N) is 1. The number of fused-ring (bicyclic) bond motifs is 2. The van der Waals surface area contributed by atoms with E-state index in [1.54, 1.807) is 0 Å². The molecule has 2 fully saturated rings. The lowest BCUT2D eigenvalue weighted by atomic mass is 9.82. The summed E-state index contributed by atoms with van der Waals surface area (Å²) >= 11 is 0. The highest BCUT2D eigenvalue weighted by Crippen LogP contribution is 2.36.